The topological polar surface area (TPSA) is 67.9 Å². The second-order valence-corrected chi connectivity index (χ2v) is 6.12. The van der Waals surface area contributed by atoms with E-state index >= 15 is 0 Å². The first-order valence-corrected chi connectivity index (χ1v) is 8.29. The molecule has 0 spiro atoms. The minimum atomic E-state index is -0.256. The number of anilines is 1. The quantitative estimate of drug-likeness (QED) is 0.793. The predicted molar refractivity (Wildman–Crippen MR) is 92.3 cm³/mol. The van der Waals surface area contributed by atoms with Gasteiger partial charge in [0.05, 0.1) is 31.7 Å². The van der Waals surface area contributed by atoms with Crippen molar-refractivity contribution in [1.29, 1.82) is 0 Å². The van der Waals surface area contributed by atoms with Gasteiger partial charge in [-0.25, -0.2) is 0 Å². The van der Waals surface area contributed by atoms with Gasteiger partial charge in [-0.2, -0.15) is 0 Å². The van der Waals surface area contributed by atoms with Gasteiger partial charge in [0, 0.05) is 19.7 Å². The lowest BCUT2D eigenvalue weighted by Crippen LogP contribution is -2.30. The Labute approximate surface area is 143 Å². The molecule has 1 aliphatic carbocycles. The summed E-state index contributed by atoms with van der Waals surface area (Å²) in [6.07, 6.45) is 2.64. The molecule has 0 radical (unpaired) electrons. The molecule has 2 unspecified atom stereocenters. The molecule has 0 bridgehead atoms. The Bertz CT molecular complexity index is 603. The molecule has 24 heavy (non-hydrogen) atoms. The number of methoxy groups -OCH3 is 2. The Morgan fingerprint density at radius 1 is 1.25 bits per heavy atom. The highest BCUT2D eigenvalue weighted by molar-refractivity contribution is 6.00. The fourth-order valence-corrected chi connectivity index (χ4v) is 2.67. The van der Waals surface area contributed by atoms with Gasteiger partial charge < -0.3 is 19.7 Å². The van der Waals surface area contributed by atoms with E-state index in [9.17, 15) is 9.59 Å². The van der Waals surface area contributed by atoms with E-state index in [4.69, 9.17) is 9.47 Å². The van der Waals surface area contributed by atoms with Gasteiger partial charge in [-0.05, 0) is 25.0 Å². The number of hydrogen-bond acceptors (Lipinski definition) is 4. The number of rotatable bonds is 8. The zero-order chi connectivity index (χ0) is 17.7. The molecule has 1 fully saturated rings. The summed E-state index contributed by atoms with van der Waals surface area (Å²) < 4.78 is 10.4. The van der Waals surface area contributed by atoms with Crippen LogP contribution < -0.4 is 14.8 Å². The molecule has 2 atom stereocenters. The normalized spacial score (nSPS) is 18.7. The van der Waals surface area contributed by atoms with Crippen LogP contribution in [0.4, 0.5) is 5.69 Å². The molecular weight excluding hydrogens is 308 g/mol. The van der Waals surface area contributed by atoms with Gasteiger partial charge in [-0.1, -0.05) is 13.3 Å². The van der Waals surface area contributed by atoms with Crippen LogP contribution in [0.1, 0.15) is 26.2 Å². The maximum Gasteiger partial charge on any atom is 0.228 e. The zero-order valence-corrected chi connectivity index (χ0v) is 14.8. The van der Waals surface area contributed by atoms with E-state index in [1.807, 2.05) is 0 Å². The number of carbonyl (C=O) groups excluding carboxylic acids is 2. The Balaban J connectivity index is 1.94. The van der Waals surface area contributed by atoms with Crippen molar-refractivity contribution in [3.8, 4) is 11.5 Å². The summed E-state index contributed by atoms with van der Waals surface area (Å²) in [6.45, 7) is 2.83. The average Bonchev–Trinajstić information content (AvgIpc) is 3.40. The number of nitrogens with zero attached hydrogens (tertiary/aromatic N) is 1. The van der Waals surface area contributed by atoms with Crippen LogP contribution in [0.3, 0.4) is 0 Å². The first-order valence-electron chi connectivity index (χ1n) is 8.29. The maximum atomic E-state index is 12.4. The number of unbranched alkanes of at least 4 members (excludes halogenated alkanes) is 1. The zero-order valence-electron chi connectivity index (χ0n) is 14.8. The molecule has 1 saturated carbocycles. The van der Waals surface area contributed by atoms with Crippen LogP contribution in [-0.4, -0.2) is 44.5 Å². The summed E-state index contributed by atoms with van der Waals surface area (Å²) in [6, 6.07) is 5.21. The summed E-state index contributed by atoms with van der Waals surface area (Å²) >= 11 is 0. The minimum absolute atomic E-state index is 0.0605. The molecule has 0 aromatic heterocycles. The van der Waals surface area contributed by atoms with Crippen LogP contribution in [0, 0.1) is 11.8 Å². The lowest BCUT2D eigenvalue weighted by Gasteiger charge is -2.16. The van der Waals surface area contributed by atoms with Gasteiger partial charge >= 0.3 is 0 Å². The first kappa shape index (κ1) is 18.1. The summed E-state index contributed by atoms with van der Waals surface area (Å²) in [5.41, 5.74) is 0.584. The Kier molecular flexibility index (Phi) is 6.06. The van der Waals surface area contributed by atoms with E-state index in [1.165, 1.54) is 7.11 Å². The number of hydrogen-bond donors (Lipinski definition) is 1. The maximum absolute atomic E-state index is 12.4. The average molecular weight is 334 g/mol. The first-order chi connectivity index (χ1) is 11.5. The second kappa shape index (κ2) is 8.04. The Morgan fingerprint density at radius 2 is 2.00 bits per heavy atom. The number of amides is 2. The fourth-order valence-electron chi connectivity index (χ4n) is 2.67. The number of benzene rings is 1. The SMILES string of the molecule is CCCCN(C)C(=O)C1CC1C(=O)Nc1ccc(OC)cc1OC. The third kappa shape index (κ3) is 4.19. The molecule has 2 rings (SSSR count). The van der Waals surface area contributed by atoms with Crippen LogP contribution in [0.25, 0.3) is 0 Å². The van der Waals surface area contributed by atoms with Crippen LogP contribution in [0.15, 0.2) is 18.2 Å². The molecule has 1 aliphatic rings. The van der Waals surface area contributed by atoms with E-state index in [0.29, 0.717) is 23.6 Å². The molecule has 1 aromatic rings. The van der Waals surface area contributed by atoms with Gasteiger partial charge in [0.15, 0.2) is 0 Å². The molecule has 0 heterocycles. The third-order valence-electron chi connectivity index (χ3n) is 4.33. The van der Waals surface area contributed by atoms with E-state index in [0.717, 1.165) is 19.4 Å². The summed E-state index contributed by atoms with van der Waals surface area (Å²) in [4.78, 5) is 26.4. The largest absolute Gasteiger partial charge is 0.497 e. The van der Waals surface area contributed by atoms with Gasteiger partial charge in [-0.3, -0.25) is 9.59 Å². The lowest BCUT2D eigenvalue weighted by atomic mass is 10.2. The lowest BCUT2D eigenvalue weighted by molar-refractivity contribution is -0.132. The molecule has 1 N–H and O–H groups in total. The van der Waals surface area contributed by atoms with Gasteiger partial charge in [0.1, 0.15) is 11.5 Å². The van der Waals surface area contributed by atoms with E-state index < -0.39 is 0 Å². The second-order valence-electron chi connectivity index (χ2n) is 6.12. The molecule has 6 heteroatoms. The molecule has 0 saturated heterocycles. The van der Waals surface area contributed by atoms with Gasteiger partial charge in [0.2, 0.25) is 11.8 Å². The summed E-state index contributed by atoms with van der Waals surface area (Å²) in [5, 5.41) is 2.85. The van der Waals surface area contributed by atoms with E-state index in [1.54, 1.807) is 37.3 Å². The van der Waals surface area contributed by atoms with Crippen molar-refractivity contribution < 1.29 is 19.1 Å². The number of ether oxygens (including phenoxy) is 2. The Morgan fingerprint density at radius 3 is 2.62 bits per heavy atom. The highest BCUT2D eigenvalue weighted by atomic mass is 16.5. The van der Waals surface area contributed by atoms with Gasteiger partial charge in [-0.15, -0.1) is 0 Å². The summed E-state index contributed by atoms with van der Waals surface area (Å²) in [5.74, 6) is 0.656. The smallest absolute Gasteiger partial charge is 0.228 e. The van der Waals surface area contributed by atoms with Crippen LogP contribution in [0.2, 0.25) is 0 Å². The molecule has 0 aliphatic heterocycles. The highest BCUT2D eigenvalue weighted by Gasteiger charge is 2.49. The van der Waals surface area contributed by atoms with Crippen molar-refractivity contribution in [3.63, 3.8) is 0 Å². The molecule has 6 nitrogen and oxygen atoms in total. The van der Waals surface area contributed by atoms with Crippen molar-refractivity contribution in [3.05, 3.63) is 18.2 Å². The molecule has 132 valence electrons. The van der Waals surface area contributed by atoms with Crippen molar-refractivity contribution in [2.24, 2.45) is 11.8 Å². The minimum Gasteiger partial charge on any atom is -0.497 e. The van der Waals surface area contributed by atoms with Crippen LogP contribution in [0.5, 0.6) is 11.5 Å². The molecule has 2 amide bonds. The third-order valence-corrected chi connectivity index (χ3v) is 4.33. The van der Waals surface area contributed by atoms with Crippen molar-refractivity contribution in [2.45, 2.75) is 26.2 Å². The monoisotopic (exact) mass is 334 g/mol. The van der Waals surface area contributed by atoms with Gasteiger partial charge in [0.25, 0.3) is 0 Å². The Hall–Kier alpha value is -2.24. The number of nitrogens with one attached hydrogen (secondary N) is 1. The van der Waals surface area contributed by atoms with Crippen LogP contribution >= 0.6 is 0 Å². The van der Waals surface area contributed by atoms with Crippen molar-refractivity contribution in [2.75, 3.05) is 33.1 Å². The standard InChI is InChI=1S/C18H26N2O4/c1-5-6-9-20(2)18(22)14-11-13(14)17(21)19-15-8-7-12(23-3)10-16(15)24-4/h7-8,10,13-14H,5-6,9,11H2,1-4H3,(H,19,21). The van der Waals surface area contributed by atoms with E-state index in [-0.39, 0.29) is 23.7 Å². The van der Waals surface area contributed by atoms with Crippen molar-refractivity contribution >= 4 is 17.5 Å². The predicted octanol–water partition coefficient (Wildman–Crippen LogP) is 2.54. The number of carbonyl (C=O) groups is 2. The highest BCUT2D eigenvalue weighted by Crippen LogP contribution is 2.41. The molecular formula is C18H26N2O4. The van der Waals surface area contributed by atoms with Crippen LogP contribution in [-0.2, 0) is 9.59 Å². The molecule has 1 aromatic carbocycles. The fraction of sp³-hybridized carbons (Fsp3) is 0.556. The summed E-state index contributed by atoms with van der Waals surface area (Å²) in [7, 11) is 4.91. The van der Waals surface area contributed by atoms with E-state index in [2.05, 4.69) is 12.2 Å². The van der Waals surface area contributed by atoms with Crippen molar-refractivity contribution in [1.82, 2.24) is 4.90 Å².